The van der Waals surface area contributed by atoms with E-state index in [0.29, 0.717) is 19.8 Å². The van der Waals surface area contributed by atoms with E-state index in [1.165, 1.54) is 21.9 Å². The van der Waals surface area contributed by atoms with Crippen LogP contribution in [0.15, 0.2) is 66.7 Å². The van der Waals surface area contributed by atoms with Gasteiger partial charge in [0.1, 0.15) is 0 Å². The van der Waals surface area contributed by atoms with Crippen LogP contribution < -0.4 is 5.32 Å². The number of carbonyl (C=O) groups is 1. The Hall–Kier alpha value is -2.73. The van der Waals surface area contributed by atoms with E-state index < -0.39 is 5.41 Å². The number of fused-ring (bicyclic) bond motifs is 1. The molecule has 0 radical (unpaired) electrons. The molecule has 0 bridgehead atoms. The third kappa shape index (κ3) is 6.69. The quantitative estimate of drug-likeness (QED) is 0.417. The van der Waals surface area contributed by atoms with Crippen molar-refractivity contribution in [3.05, 3.63) is 83.4 Å². The maximum atomic E-state index is 13.0. The lowest BCUT2D eigenvalue weighted by Gasteiger charge is -2.34. The molecule has 0 aliphatic carbocycles. The van der Waals surface area contributed by atoms with Gasteiger partial charge in [-0.05, 0) is 66.3 Å². The Bertz CT molecular complexity index is 1110. The normalized spacial score (nSPS) is 15.4. The summed E-state index contributed by atoms with van der Waals surface area (Å²) in [7, 11) is 1.69. The average Bonchev–Trinajstić information content (AvgIpc) is 2.88. The van der Waals surface area contributed by atoms with Crippen LogP contribution in [0.1, 0.15) is 43.4 Å². The van der Waals surface area contributed by atoms with Gasteiger partial charge in [0.05, 0.1) is 25.2 Å². The van der Waals surface area contributed by atoms with Gasteiger partial charge < -0.3 is 14.8 Å². The van der Waals surface area contributed by atoms with Gasteiger partial charge in [-0.2, -0.15) is 0 Å². The number of methoxy groups -OCH3 is 1. The molecule has 1 heterocycles. The molecule has 4 rings (SSSR count). The zero-order valence-electron chi connectivity index (χ0n) is 21.3. The van der Waals surface area contributed by atoms with Crippen LogP contribution in [0.3, 0.4) is 0 Å². The standard InChI is InChI=1S/C30H38N2O3/c1-30(2,27-7-5-4-6-8-27)29(33)31-28-13-15-32(16-14-28)21-23-9-11-25-12-10-24(20-26(25)19-23)22-35-18-17-34-3/h4-12,19-20,28H,13-18,21-22H2,1-3H3,(H,31,33). The average molecular weight is 475 g/mol. The minimum absolute atomic E-state index is 0.110. The minimum Gasteiger partial charge on any atom is -0.382 e. The predicted octanol–water partition coefficient (Wildman–Crippen LogP) is 5.06. The second-order valence-electron chi connectivity index (χ2n) is 10.1. The van der Waals surface area contributed by atoms with Crippen molar-refractivity contribution in [3.8, 4) is 0 Å². The Labute approximate surface area is 209 Å². The van der Waals surface area contributed by atoms with Gasteiger partial charge in [0.15, 0.2) is 0 Å². The van der Waals surface area contributed by atoms with Crippen molar-refractivity contribution in [2.75, 3.05) is 33.4 Å². The SMILES string of the molecule is COCCOCc1ccc2ccc(CN3CCC(NC(=O)C(C)(C)c4ccccc4)CC3)cc2c1. The van der Waals surface area contributed by atoms with Gasteiger partial charge in [-0.1, -0.05) is 54.6 Å². The van der Waals surface area contributed by atoms with Crippen LogP contribution in [0.4, 0.5) is 0 Å². The third-order valence-corrected chi connectivity index (χ3v) is 7.06. The highest BCUT2D eigenvalue weighted by Crippen LogP contribution is 2.25. The van der Waals surface area contributed by atoms with Gasteiger partial charge in [-0.3, -0.25) is 9.69 Å². The minimum atomic E-state index is -0.531. The summed E-state index contributed by atoms with van der Waals surface area (Å²) in [4.78, 5) is 15.5. The first kappa shape index (κ1) is 25.4. The Morgan fingerprint density at radius 1 is 0.943 bits per heavy atom. The highest BCUT2D eigenvalue weighted by atomic mass is 16.5. The van der Waals surface area contributed by atoms with E-state index >= 15 is 0 Å². The molecule has 35 heavy (non-hydrogen) atoms. The molecule has 1 saturated heterocycles. The number of hydrogen-bond acceptors (Lipinski definition) is 4. The van der Waals surface area contributed by atoms with E-state index in [2.05, 4.69) is 46.6 Å². The molecule has 1 aliphatic rings. The molecule has 0 saturated carbocycles. The number of amides is 1. The molecule has 1 amide bonds. The number of carbonyl (C=O) groups excluding carboxylic acids is 1. The smallest absolute Gasteiger partial charge is 0.230 e. The monoisotopic (exact) mass is 474 g/mol. The number of piperidine rings is 1. The van der Waals surface area contributed by atoms with Crippen LogP contribution in [-0.2, 0) is 32.8 Å². The molecule has 5 nitrogen and oxygen atoms in total. The lowest BCUT2D eigenvalue weighted by atomic mass is 9.83. The molecule has 1 fully saturated rings. The fraction of sp³-hybridized carbons (Fsp3) is 0.433. The van der Waals surface area contributed by atoms with Crippen LogP contribution in [0.25, 0.3) is 10.8 Å². The molecule has 3 aromatic carbocycles. The highest BCUT2D eigenvalue weighted by molar-refractivity contribution is 5.87. The van der Waals surface area contributed by atoms with E-state index in [1.807, 2.05) is 44.2 Å². The fourth-order valence-electron chi connectivity index (χ4n) is 4.71. The lowest BCUT2D eigenvalue weighted by Crippen LogP contribution is -2.49. The van der Waals surface area contributed by atoms with Gasteiger partial charge >= 0.3 is 0 Å². The second kappa shape index (κ2) is 11.8. The van der Waals surface area contributed by atoms with Gasteiger partial charge in [0.2, 0.25) is 5.91 Å². The van der Waals surface area contributed by atoms with Crippen LogP contribution in [0, 0.1) is 0 Å². The number of benzene rings is 3. The lowest BCUT2D eigenvalue weighted by molar-refractivity contribution is -0.126. The molecule has 1 N–H and O–H groups in total. The van der Waals surface area contributed by atoms with E-state index in [4.69, 9.17) is 9.47 Å². The Balaban J connectivity index is 1.29. The Morgan fingerprint density at radius 3 is 2.34 bits per heavy atom. The predicted molar refractivity (Wildman–Crippen MR) is 141 cm³/mol. The molecule has 0 spiro atoms. The topological polar surface area (TPSA) is 50.8 Å². The van der Waals surface area contributed by atoms with Crippen molar-refractivity contribution in [2.24, 2.45) is 0 Å². The van der Waals surface area contributed by atoms with Crippen molar-refractivity contribution < 1.29 is 14.3 Å². The van der Waals surface area contributed by atoms with Gasteiger partial charge in [0.25, 0.3) is 0 Å². The van der Waals surface area contributed by atoms with Gasteiger partial charge in [-0.15, -0.1) is 0 Å². The van der Waals surface area contributed by atoms with Crippen molar-refractivity contribution in [1.29, 1.82) is 0 Å². The summed E-state index contributed by atoms with van der Waals surface area (Å²) in [5.41, 5.74) is 3.02. The number of hydrogen-bond donors (Lipinski definition) is 1. The number of nitrogens with one attached hydrogen (secondary N) is 1. The van der Waals surface area contributed by atoms with Crippen LogP contribution in [0.2, 0.25) is 0 Å². The summed E-state index contributed by atoms with van der Waals surface area (Å²) < 4.78 is 10.7. The Morgan fingerprint density at radius 2 is 1.63 bits per heavy atom. The Kier molecular flexibility index (Phi) is 8.55. The van der Waals surface area contributed by atoms with Gasteiger partial charge in [0, 0.05) is 32.8 Å². The van der Waals surface area contributed by atoms with Crippen LogP contribution in [-0.4, -0.2) is 50.3 Å². The van der Waals surface area contributed by atoms with Crippen LogP contribution in [0.5, 0.6) is 0 Å². The van der Waals surface area contributed by atoms with Crippen molar-refractivity contribution in [2.45, 2.75) is 51.3 Å². The molecule has 0 aromatic heterocycles. The molecular formula is C30H38N2O3. The molecule has 0 unspecified atom stereocenters. The van der Waals surface area contributed by atoms with Gasteiger partial charge in [-0.25, -0.2) is 0 Å². The molecule has 5 heteroatoms. The first-order valence-corrected chi connectivity index (χ1v) is 12.6. The fourth-order valence-corrected chi connectivity index (χ4v) is 4.71. The third-order valence-electron chi connectivity index (χ3n) is 7.06. The molecule has 1 aliphatic heterocycles. The number of rotatable bonds is 10. The summed E-state index contributed by atoms with van der Waals surface area (Å²) in [6.07, 6.45) is 1.96. The summed E-state index contributed by atoms with van der Waals surface area (Å²) >= 11 is 0. The first-order valence-electron chi connectivity index (χ1n) is 12.6. The summed E-state index contributed by atoms with van der Waals surface area (Å²) in [6.45, 7) is 8.74. The number of likely N-dealkylation sites (tertiary alicyclic amines) is 1. The highest BCUT2D eigenvalue weighted by Gasteiger charge is 2.32. The van der Waals surface area contributed by atoms with E-state index in [-0.39, 0.29) is 11.9 Å². The maximum absolute atomic E-state index is 13.0. The first-order chi connectivity index (χ1) is 17.0. The second-order valence-corrected chi connectivity index (χ2v) is 10.1. The molecule has 3 aromatic rings. The van der Waals surface area contributed by atoms with Crippen molar-refractivity contribution >= 4 is 16.7 Å². The van der Waals surface area contributed by atoms with Crippen molar-refractivity contribution in [1.82, 2.24) is 10.2 Å². The maximum Gasteiger partial charge on any atom is 0.230 e. The van der Waals surface area contributed by atoms with Crippen LogP contribution >= 0.6 is 0 Å². The largest absolute Gasteiger partial charge is 0.382 e. The zero-order valence-corrected chi connectivity index (χ0v) is 21.3. The summed E-state index contributed by atoms with van der Waals surface area (Å²) in [5, 5.41) is 5.81. The summed E-state index contributed by atoms with van der Waals surface area (Å²) in [5.74, 6) is 0.110. The molecule has 186 valence electrons. The number of nitrogens with zero attached hydrogens (tertiary/aromatic N) is 1. The van der Waals surface area contributed by atoms with Crippen molar-refractivity contribution in [3.63, 3.8) is 0 Å². The molecule has 0 atom stereocenters. The van der Waals surface area contributed by atoms with E-state index in [1.54, 1.807) is 7.11 Å². The van der Waals surface area contributed by atoms with E-state index in [0.717, 1.165) is 38.0 Å². The summed E-state index contributed by atoms with van der Waals surface area (Å²) in [6, 6.07) is 23.5. The zero-order chi connectivity index (χ0) is 24.7. The molecular weight excluding hydrogens is 436 g/mol. The number of ether oxygens (including phenoxy) is 2. The van der Waals surface area contributed by atoms with E-state index in [9.17, 15) is 4.79 Å².